The quantitative estimate of drug-likeness (QED) is 0.873. The van der Waals surface area contributed by atoms with Crippen molar-refractivity contribution >= 4 is 9.84 Å². The molecular weight excluding hydrogens is 350 g/mol. The van der Waals surface area contributed by atoms with Gasteiger partial charge in [0.05, 0.1) is 0 Å². The summed E-state index contributed by atoms with van der Waals surface area (Å²) in [7, 11) is -3.81. The molecule has 1 unspecified atom stereocenters. The van der Waals surface area contributed by atoms with Crippen LogP contribution in [0.5, 0.6) is 5.75 Å². The van der Waals surface area contributed by atoms with Crippen molar-refractivity contribution in [2.24, 2.45) is 0 Å². The summed E-state index contributed by atoms with van der Waals surface area (Å²) in [4.78, 5) is 1.73. The molecular formula is C17H24F2N2O3S. The molecule has 2 fully saturated rings. The number of ether oxygens (including phenoxy) is 1. The molecule has 2 heterocycles. The molecule has 1 aromatic rings. The first-order valence-electron chi connectivity index (χ1n) is 8.65. The van der Waals surface area contributed by atoms with Crippen molar-refractivity contribution in [3.05, 3.63) is 23.8 Å². The summed E-state index contributed by atoms with van der Waals surface area (Å²) in [6.07, 6.45) is 4.51. The second-order valence-electron chi connectivity index (χ2n) is 6.84. The number of hydrogen-bond donors (Lipinski definition) is 1. The number of rotatable bonds is 4. The number of nitrogens with one attached hydrogen (secondary N) is 1. The molecule has 0 aliphatic carbocycles. The molecule has 5 nitrogen and oxygen atoms in total. The van der Waals surface area contributed by atoms with Crippen LogP contribution in [0.25, 0.3) is 0 Å². The van der Waals surface area contributed by atoms with E-state index in [-0.39, 0.29) is 11.9 Å². The van der Waals surface area contributed by atoms with E-state index in [4.69, 9.17) is 4.74 Å². The minimum atomic E-state index is -3.81. The van der Waals surface area contributed by atoms with Crippen molar-refractivity contribution < 1.29 is 21.9 Å². The number of sulfone groups is 1. The van der Waals surface area contributed by atoms with Crippen LogP contribution in [0.1, 0.15) is 25.7 Å². The number of halogens is 2. The van der Waals surface area contributed by atoms with E-state index < -0.39 is 26.4 Å². The molecule has 8 heteroatoms. The van der Waals surface area contributed by atoms with Gasteiger partial charge in [-0.25, -0.2) is 17.2 Å². The minimum absolute atomic E-state index is 0.220. The first kappa shape index (κ1) is 18.5. The number of likely N-dealkylation sites (tertiary alicyclic amines) is 1. The van der Waals surface area contributed by atoms with Gasteiger partial charge in [0, 0.05) is 24.9 Å². The first-order valence-corrected chi connectivity index (χ1v) is 10.5. The van der Waals surface area contributed by atoms with Gasteiger partial charge in [-0.1, -0.05) is 0 Å². The van der Waals surface area contributed by atoms with E-state index in [1.54, 1.807) is 0 Å². The zero-order valence-electron chi connectivity index (χ0n) is 14.3. The lowest BCUT2D eigenvalue weighted by molar-refractivity contribution is 0.0493. The van der Waals surface area contributed by atoms with Crippen molar-refractivity contribution in [2.45, 2.75) is 42.7 Å². The monoisotopic (exact) mass is 374 g/mol. The highest BCUT2D eigenvalue weighted by atomic mass is 32.2. The Morgan fingerprint density at radius 3 is 2.56 bits per heavy atom. The van der Waals surface area contributed by atoms with Crippen molar-refractivity contribution in [3.8, 4) is 5.75 Å². The van der Waals surface area contributed by atoms with E-state index in [0.29, 0.717) is 18.7 Å². The summed E-state index contributed by atoms with van der Waals surface area (Å²) in [5.41, 5.74) is 0. The van der Waals surface area contributed by atoms with E-state index in [1.807, 2.05) is 0 Å². The third-order valence-corrected chi connectivity index (χ3v) is 6.03. The van der Waals surface area contributed by atoms with Gasteiger partial charge in [-0.2, -0.15) is 0 Å². The van der Waals surface area contributed by atoms with Gasteiger partial charge < -0.3 is 10.1 Å². The van der Waals surface area contributed by atoms with Gasteiger partial charge in [0.25, 0.3) is 0 Å². The molecule has 0 saturated carbocycles. The fourth-order valence-electron chi connectivity index (χ4n) is 3.63. The summed E-state index contributed by atoms with van der Waals surface area (Å²) in [6.45, 7) is 3.67. The van der Waals surface area contributed by atoms with Gasteiger partial charge >= 0.3 is 0 Å². The van der Waals surface area contributed by atoms with Crippen molar-refractivity contribution in [1.82, 2.24) is 10.2 Å². The topological polar surface area (TPSA) is 58.6 Å². The van der Waals surface area contributed by atoms with Gasteiger partial charge in [0.1, 0.15) is 16.8 Å². The number of hydrogen-bond acceptors (Lipinski definition) is 5. The van der Waals surface area contributed by atoms with E-state index in [9.17, 15) is 17.2 Å². The Kier molecular flexibility index (Phi) is 5.60. The largest absolute Gasteiger partial charge is 0.486 e. The summed E-state index contributed by atoms with van der Waals surface area (Å²) in [5, 5.41) is 3.34. The predicted octanol–water partition coefficient (Wildman–Crippen LogP) is 1.96. The molecule has 2 saturated heterocycles. The SMILES string of the molecule is CS(=O)(=O)c1cc(F)c(OC2CCCN(C3CCNCC3)C2)cc1F. The number of benzene rings is 1. The Morgan fingerprint density at radius 1 is 1.16 bits per heavy atom. The summed E-state index contributed by atoms with van der Waals surface area (Å²) in [5.74, 6) is -2.05. The molecule has 0 amide bonds. The van der Waals surface area contributed by atoms with Gasteiger partial charge in [-0.3, -0.25) is 4.90 Å². The highest BCUT2D eigenvalue weighted by Gasteiger charge is 2.29. The Balaban J connectivity index is 1.70. The molecule has 1 atom stereocenters. The third-order valence-electron chi connectivity index (χ3n) is 4.91. The van der Waals surface area contributed by atoms with Crippen LogP contribution in [0, 0.1) is 11.6 Å². The van der Waals surface area contributed by atoms with Crippen LogP contribution in [-0.4, -0.2) is 57.9 Å². The fourth-order valence-corrected chi connectivity index (χ4v) is 4.36. The van der Waals surface area contributed by atoms with Gasteiger partial charge in [-0.15, -0.1) is 0 Å². The predicted molar refractivity (Wildman–Crippen MR) is 90.6 cm³/mol. The van der Waals surface area contributed by atoms with Crippen LogP contribution in [0.15, 0.2) is 17.0 Å². The smallest absolute Gasteiger partial charge is 0.178 e. The molecule has 0 bridgehead atoms. The van der Waals surface area contributed by atoms with Crippen molar-refractivity contribution in [1.29, 1.82) is 0 Å². The molecule has 1 aromatic carbocycles. The van der Waals surface area contributed by atoms with Crippen LogP contribution >= 0.6 is 0 Å². The highest BCUT2D eigenvalue weighted by molar-refractivity contribution is 7.90. The molecule has 3 rings (SSSR count). The molecule has 2 aliphatic rings. The molecule has 0 spiro atoms. The second kappa shape index (κ2) is 7.55. The van der Waals surface area contributed by atoms with Crippen LogP contribution in [0.2, 0.25) is 0 Å². The molecule has 25 heavy (non-hydrogen) atoms. The summed E-state index contributed by atoms with van der Waals surface area (Å²) < 4.78 is 56.8. The average Bonchev–Trinajstić information content (AvgIpc) is 2.58. The van der Waals surface area contributed by atoms with E-state index in [1.165, 1.54) is 0 Å². The Morgan fingerprint density at radius 2 is 1.88 bits per heavy atom. The molecule has 0 aromatic heterocycles. The van der Waals surface area contributed by atoms with E-state index in [0.717, 1.165) is 57.6 Å². The lowest BCUT2D eigenvalue weighted by atomic mass is 10.00. The minimum Gasteiger partial charge on any atom is -0.486 e. The maximum atomic E-state index is 14.2. The lowest BCUT2D eigenvalue weighted by Crippen LogP contribution is -2.50. The van der Waals surface area contributed by atoms with Crippen LogP contribution in [0.4, 0.5) is 8.78 Å². The van der Waals surface area contributed by atoms with Crippen LogP contribution < -0.4 is 10.1 Å². The standard InChI is InChI=1S/C17H24F2N2O3S/c1-25(22,23)17-10-14(18)16(9-15(17)19)24-13-3-2-8-21(11-13)12-4-6-20-7-5-12/h9-10,12-13,20H,2-8,11H2,1H3. The second-order valence-corrected chi connectivity index (χ2v) is 8.83. The maximum absolute atomic E-state index is 14.2. The normalized spacial score (nSPS) is 23.6. The number of nitrogens with zero attached hydrogens (tertiary/aromatic N) is 1. The summed E-state index contributed by atoms with van der Waals surface area (Å²) >= 11 is 0. The van der Waals surface area contributed by atoms with Crippen LogP contribution in [0.3, 0.4) is 0 Å². The highest BCUT2D eigenvalue weighted by Crippen LogP contribution is 2.28. The van der Waals surface area contributed by atoms with Crippen molar-refractivity contribution in [3.63, 3.8) is 0 Å². The zero-order chi connectivity index (χ0) is 18.0. The van der Waals surface area contributed by atoms with Crippen molar-refractivity contribution in [2.75, 3.05) is 32.4 Å². The van der Waals surface area contributed by atoms with Crippen LogP contribution in [-0.2, 0) is 9.84 Å². The fraction of sp³-hybridized carbons (Fsp3) is 0.647. The Labute approximate surface area is 147 Å². The average molecular weight is 374 g/mol. The lowest BCUT2D eigenvalue weighted by Gasteiger charge is -2.40. The van der Waals surface area contributed by atoms with E-state index in [2.05, 4.69) is 10.2 Å². The third kappa shape index (κ3) is 4.48. The van der Waals surface area contributed by atoms with Gasteiger partial charge in [0.15, 0.2) is 21.4 Å². The maximum Gasteiger partial charge on any atom is 0.178 e. The zero-order valence-corrected chi connectivity index (χ0v) is 15.1. The van der Waals surface area contributed by atoms with Gasteiger partial charge in [0.2, 0.25) is 0 Å². The molecule has 1 N–H and O–H groups in total. The van der Waals surface area contributed by atoms with E-state index >= 15 is 0 Å². The molecule has 0 radical (unpaired) electrons. The summed E-state index contributed by atoms with van der Waals surface area (Å²) in [6, 6.07) is 2.05. The number of piperidine rings is 2. The Bertz CT molecular complexity index is 721. The Hall–Kier alpha value is -1.25. The molecule has 140 valence electrons. The molecule has 2 aliphatic heterocycles. The van der Waals surface area contributed by atoms with Gasteiger partial charge in [-0.05, 0) is 51.4 Å². The first-order chi connectivity index (χ1) is 11.8.